The lowest BCUT2D eigenvalue weighted by molar-refractivity contribution is 0.0338. The Hall–Kier alpha value is -4.19. The summed E-state index contributed by atoms with van der Waals surface area (Å²) in [5.74, 6) is 0.863. The van der Waals surface area contributed by atoms with Gasteiger partial charge in [-0.1, -0.05) is 6.42 Å². The van der Waals surface area contributed by atoms with Crippen LogP contribution in [0.4, 0.5) is 23.1 Å². The number of aromatic nitrogens is 7. The van der Waals surface area contributed by atoms with Crippen molar-refractivity contribution in [2.75, 3.05) is 36.8 Å². The third-order valence-electron chi connectivity index (χ3n) is 8.04. The Morgan fingerprint density at radius 3 is 2.56 bits per heavy atom. The first-order chi connectivity index (χ1) is 19.0. The van der Waals surface area contributed by atoms with Crippen molar-refractivity contribution in [1.29, 1.82) is 0 Å². The van der Waals surface area contributed by atoms with E-state index >= 15 is 0 Å². The first-order valence-electron chi connectivity index (χ1n) is 13.4. The van der Waals surface area contributed by atoms with E-state index in [1.807, 2.05) is 20.0 Å². The van der Waals surface area contributed by atoms with Crippen LogP contribution in [0.3, 0.4) is 0 Å². The number of hydrogen-bond donors (Lipinski definition) is 3. The highest BCUT2D eigenvalue weighted by atomic mass is 16.1. The zero-order chi connectivity index (χ0) is 26.8. The molecule has 0 bridgehead atoms. The zero-order valence-electron chi connectivity index (χ0n) is 22.3. The van der Waals surface area contributed by atoms with Crippen LogP contribution in [-0.4, -0.2) is 71.7 Å². The van der Waals surface area contributed by atoms with Gasteiger partial charge in [-0.15, -0.1) is 0 Å². The van der Waals surface area contributed by atoms with Crippen molar-refractivity contribution in [1.82, 2.24) is 44.9 Å². The van der Waals surface area contributed by atoms with E-state index in [2.05, 4.69) is 50.9 Å². The molecule has 39 heavy (non-hydrogen) atoms. The number of likely N-dealkylation sites (tertiary alicyclic amines) is 1. The third-order valence-corrected chi connectivity index (χ3v) is 8.04. The molecule has 0 unspecified atom stereocenters. The summed E-state index contributed by atoms with van der Waals surface area (Å²) in [5, 5.41) is 14.8. The number of piperidine rings is 1. The normalized spacial score (nSPS) is 16.7. The monoisotopic (exact) mass is 527 g/mol. The van der Waals surface area contributed by atoms with Gasteiger partial charge < -0.3 is 20.9 Å². The van der Waals surface area contributed by atoms with Gasteiger partial charge in [0.1, 0.15) is 6.33 Å². The third kappa shape index (κ3) is 5.37. The number of anilines is 4. The van der Waals surface area contributed by atoms with Gasteiger partial charge in [0.05, 0.1) is 40.4 Å². The predicted octanol–water partition coefficient (Wildman–Crippen LogP) is 3.34. The Bertz CT molecular complexity index is 1470. The van der Waals surface area contributed by atoms with Crippen molar-refractivity contribution in [3.63, 3.8) is 0 Å². The number of rotatable bonds is 8. The molecule has 2 aliphatic rings. The molecule has 0 atom stereocenters. The second kappa shape index (κ2) is 10.5. The summed E-state index contributed by atoms with van der Waals surface area (Å²) in [6, 6.07) is 1.81. The second-order valence-corrected chi connectivity index (χ2v) is 10.6. The van der Waals surface area contributed by atoms with Gasteiger partial charge in [-0.2, -0.15) is 10.1 Å². The summed E-state index contributed by atoms with van der Waals surface area (Å²) in [6.07, 6.45) is 14.9. The average molecular weight is 528 g/mol. The number of pyridine rings is 1. The molecule has 0 radical (unpaired) electrons. The molecule has 202 valence electrons. The second-order valence-electron chi connectivity index (χ2n) is 10.6. The van der Waals surface area contributed by atoms with Crippen LogP contribution in [0, 0.1) is 12.3 Å². The minimum absolute atomic E-state index is 0.132. The molecule has 1 saturated heterocycles. The van der Waals surface area contributed by atoms with Crippen LogP contribution in [0.25, 0.3) is 11.0 Å². The van der Waals surface area contributed by atoms with Crippen molar-refractivity contribution in [3.05, 3.63) is 48.4 Å². The molecular formula is C27H33N11O. The molecule has 1 aliphatic heterocycles. The number of hydrogen-bond acceptors (Lipinski definition) is 10. The van der Waals surface area contributed by atoms with E-state index in [9.17, 15) is 4.79 Å². The van der Waals surface area contributed by atoms with E-state index in [4.69, 9.17) is 0 Å². The van der Waals surface area contributed by atoms with Gasteiger partial charge in [-0.3, -0.25) is 9.78 Å². The van der Waals surface area contributed by atoms with Crippen LogP contribution in [-0.2, 0) is 7.05 Å². The van der Waals surface area contributed by atoms with Gasteiger partial charge in [0.25, 0.3) is 5.91 Å². The highest BCUT2D eigenvalue weighted by molar-refractivity contribution is 5.96. The Labute approximate surface area is 226 Å². The summed E-state index contributed by atoms with van der Waals surface area (Å²) in [4.78, 5) is 36.8. The van der Waals surface area contributed by atoms with Crippen LogP contribution in [0.2, 0.25) is 0 Å². The fraction of sp³-hybridized carbons (Fsp3) is 0.444. The Balaban J connectivity index is 1.10. The van der Waals surface area contributed by atoms with E-state index < -0.39 is 0 Å². The number of carbonyl (C=O) groups is 1. The number of fused-ring (bicyclic) bond motifs is 1. The largest absolute Gasteiger partial charge is 0.351 e. The van der Waals surface area contributed by atoms with E-state index in [1.54, 1.807) is 29.5 Å². The molecular weight excluding hydrogens is 494 g/mol. The van der Waals surface area contributed by atoms with Crippen molar-refractivity contribution in [2.45, 2.75) is 39.0 Å². The smallest absolute Gasteiger partial charge is 0.252 e. The quantitative estimate of drug-likeness (QED) is 0.313. The van der Waals surface area contributed by atoms with Crippen LogP contribution >= 0.6 is 0 Å². The maximum Gasteiger partial charge on any atom is 0.252 e. The average Bonchev–Trinajstić information content (AvgIpc) is 3.24. The van der Waals surface area contributed by atoms with Gasteiger partial charge in [-0.25, -0.2) is 19.6 Å². The summed E-state index contributed by atoms with van der Waals surface area (Å²) in [6.45, 7) is 5.66. The lowest BCUT2D eigenvalue weighted by atomic mass is 9.63. The number of aryl methyl sites for hydroxylation is 2. The maximum atomic E-state index is 12.9. The van der Waals surface area contributed by atoms with Gasteiger partial charge >= 0.3 is 0 Å². The zero-order valence-corrected chi connectivity index (χ0v) is 22.3. The molecule has 1 saturated carbocycles. The predicted molar refractivity (Wildman–Crippen MR) is 148 cm³/mol. The van der Waals surface area contributed by atoms with Crippen molar-refractivity contribution >= 4 is 40.1 Å². The molecule has 0 aromatic carbocycles. The van der Waals surface area contributed by atoms with E-state index in [0.717, 1.165) is 30.7 Å². The fourth-order valence-corrected chi connectivity index (χ4v) is 5.45. The minimum atomic E-state index is -0.132. The molecule has 12 nitrogen and oxygen atoms in total. The topological polar surface area (TPSA) is 139 Å². The van der Waals surface area contributed by atoms with E-state index in [-0.39, 0.29) is 5.91 Å². The van der Waals surface area contributed by atoms with Gasteiger partial charge in [0, 0.05) is 32.5 Å². The minimum Gasteiger partial charge on any atom is -0.351 e. The lowest BCUT2D eigenvalue weighted by Gasteiger charge is -2.48. The number of amides is 1. The standard InChI is InChI=1S/C27H33N11O/c1-18-22(12-19(13-31-18)25(39)30-8-11-38-9-6-27(7-10-38)4-3-5-27)34-23-21-16-32-26(35-24(21)37(2)36-23)33-20-14-28-17-29-15-20/h12-17H,3-11H2,1-2H3,(H,30,39)(H,34,36)(H,32,33,35). The van der Waals surface area contributed by atoms with Gasteiger partial charge in [0.15, 0.2) is 11.5 Å². The highest BCUT2D eigenvalue weighted by Crippen LogP contribution is 2.48. The van der Waals surface area contributed by atoms with Crippen molar-refractivity contribution < 1.29 is 4.79 Å². The first-order valence-corrected chi connectivity index (χ1v) is 13.4. The Morgan fingerprint density at radius 1 is 1.03 bits per heavy atom. The summed E-state index contributed by atoms with van der Waals surface area (Å²) >= 11 is 0. The maximum absolute atomic E-state index is 12.9. The molecule has 2 fully saturated rings. The SMILES string of the molecule is Cc1ncc(C(=O)NCCN2CCC3(CCC3)CC2)cc1Nc1nn(C)c2nc(Nc3cncnc3)ncc12. The Morgan fingerprint density at radius 2 is 1.82 bits per heavy atom. The number of carbonyl (C=O) groups excluding carboxylic acids is 1. The lowest BCUT2D eigenvalue weighted by Crippen LogP contribution is -2.45. The number of nitrogens with zero attached hydrogens (tertiary/aromatic N) is 8. The van der Waals surface area contributed by atoms with Crippen molar-refractivity contribution in [3.8, 4) is 0 Å². The van der Waals surface area contributed by atoms with Crippen LogP contribution in [0.1, 0.15) is 48.2 Å². The molecule has 1 aliphatic carbocycles. The van der Waals surface area contributed by atoms with Crippen LogP contribution in [0.5, 0.6) is 0 Å². The van der Waals surface area contributed by atoms with Crippen molar-refractivity contribution in [2.24, 2.45) is 12.5 Å². The van der Waals surface area contributed by atoms with E-state index in [0.29, 0.717) is 46.3 Å². The molecule has 12 heteroatoms. The summed E-state index contributed by atoms with van der Waals surface area (Å²) < 4.78 is 1.68. The number of nitrogens with one attached hydrogen (secondary N) is 3. The summed E-state index contributed by atoms with van der Waals surface area (Å²) in [7, 11) is 1.82. The molecule has 4 aromatic heterocycles. The van der Waals surface area contributed by atoms with Gasteiger partial charge in [0.2, 0.25) is 5.95 Å². The van der Waals surface area contributed by atoms with E-state index in [1.165, 1.54) is 38.4 Å². The van der Waals surface area contributed by atoms with Crippen LogP contribution < -0.4 is 16.0 Å². The molecule has 3 N–H and O–H groups in total. The van der Waals surface area contributed by atoms with Crippen LogP contribution in [0.15, 0.2) is 37.2 Å². The first kappa shape index (κ1) is 25.1. The molecule has 6 rings (SSSR count). The molecule has 1 spiro atoms. The molecule has 4 aromatic rings. The Kier molecular flexibility index (Phi) is 6.77. The molecule has 1 amide bonds. The summed E-state index contributed by atoms with van der Waals surface area (Å²) in [5.41, 5.74) is 3.93. The highest BCUT2D eigenvalue weighted by Gasteiger charge is 2.39. The fourth-order valence-electron chi connectivity index (χ4n) is 5.45. The van der Waals surface area contributed by atoms with Gasteiger partial charge in [-0.05, 0) is 57.2 Å². The molecule has 5 heterocycles.